The summed E-state index contributed by atoms with van der Waals surface area (Å²) in [6.45, 7) is 14.7. The molecule has 0 unspecified atom stereocenters. The first-order valence-corrected chi connectivity index (χ1v) is 12.9. The Hall–Kier alpha value is -1.53. The number of ether oxygens (including phenoxy) is 1. The number of hydrogen-bond acceptors (Lipinski definition) is 5. The number of hydrazone groups is 1. The van der Waals surface area contributed by atoms with E-state index in [0.29, 0.717) is 5.92 Å². The van der Waals surface area contributed by atoms with Crippen molar-refractivity contribution in [2.45, 2.75) is 83.6 Å². The summed E-state index contributed by atoms with van der Waals surface area (Å²) < 4.78 is 10.2. The lowest BCUT2D eigenvalue weighted by molar-refractivity contribution is 0.0611. The van der Waals surface area contributed by atoms with Gasteiger partial charge in [-0.25, -0.2) is 9.40 Å². The van der Waals surface area contributed by atoms with Crippen molar-refractivity contribution in [2.24, 2.45) is 16.9 Å². The van der Waals surface area contributed by atoms with E-state index in [-0.39, 0.29) is 5.41 Å². The molecule has 0 bridgehead atoms. The van der Waals surface area contributed by atoms with Gasteiger partial charge in [0, 0.05) is 54.1 Å². The second-order valence-corrected chi connectivity index (χ2v) is 10.9. The lowest BCUT2D eigenvalue weighted by Crippen LogP contribution is -2.25. The van der Waals surface area contributed by atoms with Crippen LogP contribution in [0.5, 0.6) is 0 Å². The summed E-state index contributed by atoms with van der Waals surface area (Å²) >= 11 is 1.75. The summed E-state index contributed by atoms with van der Waals surface area (Å²) in [5.41, 5.74) is 3.80. The SMILES string of the molecule is CC.CC(C)(C)c1nc2cc(SN3CCC(C4CC4)=N3)ccc2n1CC1CCOCC1. The Morgan fingerprint density at radius 2 is 1.84 bits per heavy atom. The molecule has 6 heteroatoms. The van der Waals surface area contributed by atoms with Crippen LogP contribution >= 0.6 is 11.9 Å². The molecule has 0 amide bonds. The third-order valence-electron chi connectivity index (χ3n) is 6.23. The van der Waals surface area contributed by atoms with Crippen LogP contribution in [0.4, 0.5) is 0 Å². The number of hydrogen-bond donors (Lipinski definition) is 0. The first kappa shape index (κ1) is 22.7. The van der Waals surface area contributed by atoms with E-state index in [2.05, 4.69) is 48.0 Å². The highest BCUT2D eigenvalue weighted by Crippen LogP contribution is 2.37. The molecule has 2 aliphatic heterocycles. The second-order valence-electron chi connectivity index (χ2n) is 9.78. The van der Waals surface area contributed by atoms with Gasteiger partial charge in [-0.3, -0.25) is 0 Å². The zero-order chi connectivity index (χ0) is 22.0. The highest BCUT2D eigenvalue weighted by Gasteiger charge is 2.31. The van der Waals surface area contributed by atoms with Gasteiger partial charge in [0.05, 0.1) is 17.6 Å². The molecular formula is C25H38N4OS. The first-order valence-electron chi connectivity index (χ1n) is 12.1. The van der Waals surface area contributed by atoms with Crippen LogP contribution in [0.25, 0.3) is 11.0 Å². The lowest BCUT2D eigenvalue weighted by Gasteiger charge is -2.26. The van der Waals surface area contributed by atoms with Crippen molar-refractivity contribution < 1.29 is 4.74 Å². The fraction of sp³-hybridized carbons (Fsp3) is 0.680. The monoisotopic (exact) mass is 442 g/mol. The molecule has 0 N–H and O–H groups in total. The van der Waals surface area contributed by atoms with Crippen LogP contribution in [0.1, 0.15) is 72.5 Å². The van der Waals surface area contributed by atoms with Gasteiger partial charge in [0.25, 0.3) is 0 Å². The minimum absolute atomic E-state index is 0.0237. The third kappa shape index (κ3) is 5.28. The largest absolute Gasteiger partial charge is 0.381 e. The molecule has 170 valence electrons. The number of rotatable bonds is 5. The lowest BCUT2D eigenvalue weighted by atomic mass is 9.94. The third-order valence-corrected chi connectivity index (χ3v) is 7.17. The number of nitrogens with zero attached hydrogens (tertiary/aromatic N) is 4. The Bertz CT molecular complexity index is 919. The van der Waals surface area contributed by atoms with Gasteiger partial charge < -0.3 is 9.30 Å². The summed E-state index contributed by atoms with van der Waals surface area (Å²) in [6.07, 6.45) is 6.10. The molecule has 1 saturated heterocycles. The van der Waals surface area contributed by atoms with E-state index in [0.717, 1.165) is 57.0 Å². The first-order chi connectivity index (χ1) is 15.0. The molecule has 3 aliphatic rings. The van der Waals surface area contributed by atoms with Gasteiger partial charge in [0.1, 0.15) is 5.82 Å². The standard InChI is InChI=1S/C23H32N4OS.C2H6/c1-23(2,3)22-24-20-14-18(29-27-11-8-19(25-27)17-4-5-17)6-7-21(20)26(22)15-16-9-12-28-13-10-16;1-2/h6-7,14,16-17H,4-5,8-13,15H2,1-3H3;1-2H3. The molecule has 0 spiro atoms. The van der Waals surface area contributed by atoms with E-state index < -0.39 is 0 Å². The van der Waals surface area contributed by atoms with Crippen molar-refractivity contribution in [1.82, 2.24) is 14.0 Å². The average Bonchev–Trinajstić information content (AvgIpc) is 3.41. The van der Waals surface area contributed by atoms with Crippen LogP contribution in [0.3, 0.4) is 0 Å². The maximum absolute atomic E-state index is 5.57. The maximum atomic E-state index is 5.57. The van der Waals surface area contributed by atoms with E-state index in [1.165, 1.54) is 34.8 Å². The molecule has 0 radical (unpaired) electrons. The zero-order valence-corrected chi connectivity index (χ0v) is 20.7. The Balaban J connectivity index is 0.00000112. The number of aromatic nitrogens is 2. The van der Waals surface area contributed by atoms with Crippen LogP contribution in [0.2, 0.25) is 0 Å². The van der Waals surface area contributed by atoms with E-state index in [9.17, 15) is 0 Å². The van der Waals surface area contributed by atoms with Crippen LogP contribution in [0, 0.1) is 11.8 Å². The van der Waals surface area contributed by atoms with Crippen LogP contribution in [-0.4, -0.2) is 39.4 Å². The second kappa shape index (κ2) is 9.53. The molecule has 1 aliphatic carbocycles. The smallest absolute Gasteiger partial charge is 0.115 e. The summed E-state index contributed by atoms with van der Waals surface area (Å²) in [5, 5.41) is 4.84. The van der Waals surface area contributed by atoms with Crippen molar-refractivity contribution in [3.63, 3.8) is 0 Å². The minimum atomic E-state index is 0.0237. The molecule has 2 aromatic rings. The summed E-state index contributed by atoms with van der Waals surface area (Å²) in [7, 11) is 0. The Labute approximate surface area is 191 Å². The van der Waals surface area contributed by atoms with Gasteiger partial charge in [-0.15, -0.1) is 0 Å². The Morgan fingerprint density at radius 1 is 1.10 bits per heavy atom. The van der Waals surface area contributed by atoms with E-state index in [1.54, 1.807) is 11.9 Å². The van der Waals surface area contributed by atoms with E-state index >= 15 is 0 Å². The van der Waals surface area contributed by atoms with E-state index in [4.69, 9.17) is 14.8 Å². The van der Waals surface area contributed by atoms with Crippen LogP contribution < -0.4 is 0 Å². The molecule has 0 atom stereocenters. The predicted octanol–water partition coefficient (Wildman–Crippen LogP) is 6.27. The van der Waals surface area contributed by atoms with Crippen LogP contribution in [-0.2, 0) is 16.7 Å². The zero-order valence-electron chi connectivity index (χ0n) is 19.9. The van der Waals surface area contributed by atoms with E-state index in [1.807, 2.05) is 13.8 Å². The molecule has 31 heavy (non-hydrogen) atoms. The average molecular weight is 443 g/mol. The molecule has 5 nitrogen and oxygen atoms in total. The highest BCUT2D eigenvalue weighted by molar-refractivity contribution is 7.97. The molecule has 5 rings (SSSR count). The highest BCUT2D eigenvalue weighted by atomic mass is 32.2. The molecule has 1 aromatic heterocycles. The topological polar surface area (TPSA) is 42.7 Å². The Morgan fingerprint density at radius 3 is 2.52 bits per heavy atom. The van der Waals surface area contributed by atoms with Gasteiger partial charge in [0.15, 0.2) is 0 Å². The molecule has 1 saturated carbocycles. The summed E-state index contributed by atoms with van der Waals surface area (Å²) in [4.78, 5) is 6.33. The van der Waals surface area contributed by atoms with Crippen LogP contribution in [0.15, 0.2) is 28.2 Å². The maximum Gasteiger partial charge on any atom is 0.115 e. The summed E-state index contributed by atoms with van der Waals surface area (Å²) in [5.74, 6) is 2.64. The number of benzene rings is 1. The number of imidazole rings is 1. The van der Waals surface area contributed by atoms with Crippen molar-refractivity contribution in [2.75, 3.05) is 19.8 Å². The molecule has 1 aromatic carbocycles. The normalized spacial score (nSPS) is 20.0. The fourth-order valence-corrected chi connectivity index (χ4v) is 5.32. The molecular weight excluding hydrogens is 404 g/mol. The van der Waals surface area contributed by atoms with Crippen molar-refractivity contribution >= 4 is 28.7 Å². The van der Waals surface area contributed by atoms with Gasteiger partial charge in [0.2, 0.25) is 0 Å². The fourth-order valence-electron chi connectivity index (χ4n) is 4.45. The van der Waals surface area contributed by atoms with Crippen molar-refractivity contribution in [1.29, 1.82) is 0 Å². The number of fused-ring (bicyclic) bond motifs is 1. The predicted molar refractivity (Wildman–Crippen MR) is 131 cm³/mol. The quantitative estimate of drug-likeness (QED) is 0.512. The van der Waals surface area contributed by atoms with Crippen molar-refractivity contribution in [3.8, 4) is 0 Å². The molecule has 2 fully saturated rings. The van der Waals surface area contributed by atoms with Gasteiger partial charge in [-0.1, -0.05) is 34.6 Å². The Kier molecular flexibility index (Phi) is 6.97. The minimum Gasteiger partial charge on any atom is -0.381 e. The van der Waals surface area contributed by atoms with Crippen molar-refractivity contribution in [3.05, 3.63) is 24.0 Å². The summed E-state index contributed by atoms with van der Waals surface area (Å²) in [6, 6.07) is 6.76. The van der Waals surface area contributed by atoms with Gasteiger partial charge in [-0.2, -0.15) is 5.10 Å². The van der Waals surface area contributed by atoms with Gasteiger partial charge in [-0.05, 0) is 55.7 Å². The molecule has 3 heterocycles. The van der Waals surface area contributed by atoms with Gasteiger partial charge >= 0.3 is 0 Å².